The molecule has 96 valence electrons. The maximum absolute atomic E-state index is 12.0. The third-order valence-electron chi connectivity index (χ3n) is 4.25. The highest BCUT2D eigenvalue weighted by atomic mass is 16.2. The molecular formula is C15H20N2O. The first kappa shape index (κ1) is 11.7. The van der Waals surface area contributed by atoms with Gasteiger partial charge in [0.05, 0.1) is 0 Å². The number of piperidine rings is 1. The molecule has 3 aliphatic heterocycles. The molecule has 0 spiro atoms. The molecule has 1 amide bonds. The van der Waals surface area contributed by atoms with E-state index >= 15 is 0 Å². The lowest BCUT2D eigenvalue weighted by molar-refractivity contribution is -0.125. The highest BCUT2D eigenvalue weighted by Crippen LogP contribution is 2.30. The van der Waals surface area contributed by atoms with E-state index in [2.05, 4.69) is 41.4 Å². The fraction of sp³-hybridized carbons (Fsp3) is 0.533. The van der Waals surface area contributed by atoms with E-state index in [4.69, 9.17) is 0 Å². The van der Waals surface area contributed by atoms with Gasteiger partial charge in [0.2, 0.25) is 5.91 Å². The molecule has 3 fully saturated rings. The van der Waals surface area contributed by atoms with Gasteiger partial charge in [-0.1, -0.05) is 31.2 Å². The van der Waals surface area contributed by atoms with Crippen molar-refractivity contribution in [1.29, 1.82) is 0 Å². The van der Waals surface area contributed by atoms with Crippen molar-refractivity contribution in [3.8, 4) is 0 Å². The third kappa shape index (κ3) is 2.03. The Balaban J connectivity index is 1.87. The normalized spacial score (nSPS) is 30.9. The minimum Gasteiger partial charge on any atom is -0.336 e. The van der Waals surface area contributed by atoms with Crippen LogP contribution in [0.2, 0.25) is 0 Å². The summed E-state index contributed by atoms with van der Waals surface area (Å²) in [6, 6.07) is 8.64. The fourth-order valence-corrected chi connectivity index (χ4v) is 2.99. The number of hydrogen-bond acceptors (Lipinski definition) is 2. The van der Waals surface area contributed by atoms with Crippen LogP contribution in [-0.2, 0) is 11.2 Å². The fourth-order valence-electron chi connectivity index (χ4n) is 2.99. The van der Waals surface area contributed by atoms with Crippen molar-refractivity contribution >= 4 is 5.91 Å². The number of nitrogens with one attached hydrogen (secondary N) is 1. The number of hydrogen-bond donors (Lipinski definition) is 1. The van der Waals surface area contributed by atoms with Crippen LogP contribution >= 0.6 is 0 Å². The first-order chi connectivity index (χ1) is 8.78. The Bertz CT molecular complexity index is 432. The molecule has 1 aromatic rings. The van der Waals surface area contributed by atoms with Gasteiger partial charge in [0, 0.05) is 19.0 Å². The molecular weight excluding hydrogens is 224 g/mol. The highest BCUT2D eigenvalue weighted by Gasteiger charge is 2.35. The average Bonchev–Trinajstić information content (AvgIpc) is 2.69. The van der Waals surface area contributed by atoms with Crippen molar-refractivity contribution in [2.24, 2.45) is 5.92 Å². The minimum atomic E-state index is 0.0795. The number of carbonyl (C=O) groups is 1. The second kappa shape index (κ2) is 4.73. The van der Waals surface area contributed by atoms with Crippen LogP contribution in [0.1, 0.15) is 37.1 Å². The van der Waals surface area contributed by atoms with Crippen LogP contribution in [0.5, 0.6) is 0 Å². The molecule has 1 unspecified atom stereocenters. The van der Waals surface area contributed by atoms with Crippen LogP contribution in [0.4, 0.5) is 0 Å². The Morgan fingerprint density at radius 3 is 2.50 bits per heavy atom. The standard InChI is InChI=1S/C15H20N2O/c1-2-11-3-5-12(6-4-11)14-16-15(18)13-7-9-17(14)10-8-13/h3-6,13-14H,2,7-10H2,1H3,(H,16,18). The van der Waals surface area contributed by atoms with Crippen molar-refractivity contribution in [1.82, 2.24) is 10.2 Å². The predicted molar refractivity (Wildman–Crippen MR) is 71.0 cm³/mol. The van der Waals surface area contributed by atoms with Crippen molar-refractivity contribution in [2.75, 3.05) is 13.1 Å². The van der Waals surface area contributed by atoms with Gasteiger partial charge in [0.15, 0.2) is 0 Å². The summed E-state index contributed by atoms with van der Waals surface area (Å²) >= 11 is 0. The Hall–Kier alpha value is -1.35. The lowest BCUT2D eigenvalue weighted by atomic mass is 9.97. The molecule has 2 bridgehead atoms. The van der Waals surface area contributed by atoms with Gasteiger partial charge < -0.3 is 5.32 Å². The molecule has 3 nitrogen and oxygen atoms in total. The van der Waals surface area contributed by atoms with Crippen LogP contribution in [0.3, 0.4) is 0 Å². The molecule has 0 aromatic heterocycles. The molecule has 1 aromatic carbocycles. The van der Waals surface area contributed by atoms with Gasteiger partial charge in [-0.05, 0) is 30.4 Å². The van der Waals surface area contributed by atoms with E-state index in [1.165, 1.54) is 11.1 Å². The van der Waals surface area contributed by atoms with Crippen LogP contribution in [-0.4, -0.2) is 23.9 Å². The SMILES string of the molecule is CCc1ccc(C2NC(=O)C3CCN2CC3)cc1. The summed E-state index contributed by atoms with van der Waals surface area (Å²) in [6.07, 6.45) is 3.16. The summed E-state index contributed by atoms with van der Waals surface area (Å²) in [6.45, 7) is 4.22. The van der Waals surface area contributed by atoms with E-state index in [1.54, 1.807) is 0 Å². The predicted octanol–water partition coefficient (Wildman–Crippen LogP) is 2.09. The van der Waals surface area contributed by atoms with Gasteiger partial charge in [-0.3, -0.25) is 9.69 Å². The van der Waals surface area contributed by atoms with Crippen LogP contribution < -0.4 is 5.32 Å². The molecule has 0 aliphatic carbocycles. The topological polar surface area (TPSA) is 32.3 Å². The Morgan fingerprint density at radius 1 is 1.22 bits per heavy atom. The third-order valence-corrected chi connectivity index (χ3v) is 4.25. The second-order valence-electron chi connectivity index (χ2n) is 5.32. The summed E-state index contributed by atoms with van der Waals surface area (Å²) in [4.78, 5) is 14.4. The van der Waals surface area contributed by atoms with Gasteiger partial charge in [0.1, 0.15) is 6.17 Å². The van der Waals surface area contributed by atoms with Gasteiger partial charge in [0.25, 0.3) is 0 Å². The molecule has 1 N–H and O–H groups in total. The maximum Gasteiger partial charge on any atom is 0.224 e. The summed E-state index contributed by atoms with van der Waals surface area (Å²) < 4.78 is 0. The molecule has 1 atom stereocenters. The number of benzene rings is 1. The number of carbonyl (C=O) groups excluding carboxylic acids is 1. The number of amides is 1. The number of aryl methyl sites for hydroxylation is 1. The van der Waals surface area contributed by atoms with Crippen molar-refractivity contribution in [3.63, 3.8) is 0 Å². The number of nitrogens with zero attached hydrogens (tertiary/aromatic N) is 1. The van der Waals surface area contributed by atoms with Crippen molar-refractivity contribution < 1.29 is 4.79 Å². The summed E-state index contributed by atoms with van der Waals surface area (Å²) in [5.74, 6) is 0.473. The molecule has 3 saturated heterocycles. The van der Waals surface area contributed by atoms with Gasteiger partial charge in [-0.2, -0.15) is 0 Å². The van der Waals surface area contributed by atoms with E-state index in [9.17, 15) is 4.79 Å². The second-order valence-corrected chi connectivity index (χ2v) is 5.32. The Morgan fingerprint density at radius 2 is 1.89 bits per heavy atom. The van der Waals surface area contributed by atoms with Crippen LogP contribution in [0.25, 0.3) is 0 Å². The molecule has 3 heterocycles. The molecule has 3 heteroatoms. The minimum absolute atomic E-state index is 0.0795. The molecule has 0 saturated carbocycles. The van der Waals surface area contributed by atoms with E-state index in [0.29, 0.717) is 0 Å². The molecule has 18 heavy (non-hydrogen) atoms. The van der Waals surface area contributed by atoms with Gasteiger partial charge in [-0.15, -0.1) is 0 Å². The van der Waals surface area contributed by atoms with Crippen LogP contribution in [0, 0.1) is 5.92 Å². The van der Waals surface area contributed by atoms with E-state index in [-0.39, 0.29) is 18.0 Å². The average molecular weight is 244 g/mol. The number of fused-ring (bicyclic) bond motifs is 4. The lowest BCUT2D eigenvalue weighted by Gasteiger charge is -2.31. The van der Waals surface area contributed by atoms with E-state index in [0.717, 1.165) is 32.4 Å². The van der Waals surface area contributed by atoms with Crippen molar-refractivity contribution in [2.45, 2.75) is 32.4 Å². The Kier molecular flexibility index (Phi) is 3.08. The first-order valence-corrected chi connectivity index (χ1v) is 6.91. The Labute approximate surface area is 108 Å². The highest BCUT2D eigenvalue weighted by molar-refractivity contribution is 5.79. The van der Waals surface area contributed by atoms with Crippen molar-refractivity contribution in [3.05, 3.63) is 35.4 Å². The maximum atomic E-state index is 12.0. The largest absolute Gasteiger partial charge is 0.336 e. The zero-order valence-electron chi connectivity index (χ0n) is 10.9. The first-order valence-electron chi connectivity index (χ1n) is 6.91. The molecule has 0 radical (unpaired) electrons. The number of rotatable bonds is 2. The van der Waals surface area contributed by atoms with E-state index in [1.807, 2.05) is 0 Å². The van der Waals surface area contributed by atoms with E-state index < -0.39 is 0 Å². The zero-order valence-corrected chi connectivity index (χ0v) is 10.9. The monoisotopic (exact) mass is 244 g/mol. The van der Waals surface area contributed by atoms with Crippen LogP contribution in [0.15, 0.2) is 24.3 Å². The molecule has 4 rings (SSSR count). The summed E-state index contributed by atoms with van der Waals surface area (Å²) in [5.41, 5.74) is 2.56. The van der Waals surface area contributed by atoms with Gasteiger partial charge >= 0.3 is 0 Å². The smallest absolute Gasteiger partial charge is 0.224 e. The quantitative estimate of drug-likeness (QED) is 0.864. The summed E-state index contributed by atoms with van der Waals surface area (Å²) in [7, 11) is 0. The zero-order chi connectivity index (χ0) is 12.5. The molecule has 3 aliphatic rings. The summed E-state index contributed by atoms with van der Waals surface area (Å²) in [5, 5.41) is 3.18. The van der Waals surface area contributed by atoms with Gasteiger partial charge in [-0.25, -0.2) is 0 Å². The lowest BCUT2D eigenvalue weighted by Crippen LogP contribution is -2.37.